The van der Waals surface area contributed by atoms with E-state index in [2.05, 4.69) is 4.98 Å². The Kier molecular flexibility index (Phi) is 4.18. The van der Waals surface area contributed by atoms with Crippen molar-refractivity contribution in [3.8, 4) is 17.0 Å². The maximum atomic E-state index is 14.2. The Morgan fingerprint density at radius 3 is 2.48 bits per heavy atom. The molecule has 0 atom stereocenters. The molecule has 0 aliphatic carbocycles. The van der Waals surface area contributed by atoms with Crippen molar-refractivity contribution in [1.82, 2.24) is 4.98 Å². The molecule has 2 rings (SSSR count). The molecule has 0 bridgehead atoms. The van der Waals surface area contributed by atoms with Crippen molar-refractivity contribution in [3.63, 3.8) is 0 Å². The number of carbonyl (C=O) groups excluding carboxylic acids is 1. The minimum atomic E-state index is -1.36. The first kappa shape index (κ1) is 15.3. The number of hydrogen-bond acceptors (Lipinski definition) is 3. The summed E-state index contributed by atoms with van der Waals surface area (Å²) >= 11 is 5.73. The van der Waals surface area contributed by atoms with Crippen LogP contribution >= 0.6 is 11.6 Å². The standard InChI is InChI=1S/C14H9ClF3NO2/c1-6(20)10-5-9(16)12(18)13(19-10)7-3-4-8(15)14(21-2)11(7)17/h3-5H,1-2H3. The molecule has 110 valence electrons. The van der Waals surface area contributed by atoms with Crippen molar-refractivity contribution < 1.29 is 22.7 Å². The number of nitrogens with zero attached hydrogens (tertiary/aromatic N) is 1. The number of methoxy groups -OCH3 is 1. The smallest absolute Gasteiger partial charge is 0.185 e. The van der Waals surface area contributed by atoms with Crippen molar-refractivity contribution >= 4 is 17.4 Å². The molecule has 0 N–H and O–H groups in total. The van der Waals surface area contributed by atoms with Crippen molar-refractivity contribution in [1.29, 1.82) is 0 Å². The first-order valence-corrected chi connectivity index (χ1v) is 6.14. The van der Waals surface area contributed by atoms with E-state index in [-0.39, 0.29) is 22.0 Å². The highest BCUT2D eigenvalue weighted by Gasteiger charge is 2.22. The lowest BCUT2D eigenvalue weighted by Crippen LogP contribution is -2.05. The second-order valence-corrected chi connectivity index (χ2v) is 4.56. The molecule has 1 aromatic heterocycles. The first-order valence-electron chi connectivity index (χ1n) is 5.76. The molecule has 1 heterocycles. The second kappa shape index (κ2) is 5.73. The zero-order valence-corrected chi connectivity index (χ0v) is 11.8. The number of benzene rings is 1. The quantitative estimate of drug-likeness (QED) is 0.803. The summed E-state index contributed by atoms with van der Waals surface area (Å²) in [6.45, 7) is 1.14. The Labute approximate surface area is 123 Å². The summed E-state index contributed by atoms with van der Waals surface area (Å²) in [6.07, 6.45) is 0. The zero-order valence-electron chi connectivity index (χ0n) is 11.0. The van der Waals surface area contributed by atoms with Crippen LogP contribution in [0.25, 0.3) is 11.3 Å². The molecule has 2 aromatic rings. The van der Waals surface area contributed by atoms with E-state index in [0.717, 1.165) is 13.0 Å². The van der Waals surface area contributed by atoms with Gasteiger partial charge in [0.15, 0.2) is 29.0 Å². The molecule has 3 nitrogen and oxygen atoms in total. The Hall–Kier alpha value is -2.08. The highest BCUT2D eigenvalue weighted by molar-refractivity contribution is 6.32. The minimum Gasteiger partial charge on any atom is -0.492 e. The topological polar surface area (TPSA) is 39.2 Å². The summed E-state index contributed by atoms with van der Waals surface area (Å²) in [4.78, 5) is 14.9. The minimum absolute atomic E-state index is 0.0256. The molecule has 0 aliphatic rings. The van der Waals surface area contributed by atoms with Crippen molar-refractivity contribution in [3.05, 3.63) is 46.4 Å². The van der Waals surface area contributed by atoms with E-state index in [1.165, 1.54) is 13.2 Å². The lowest BCUT2D eigenvalue weighted by atomic mass is 10.1. The van der Waals surface area contributed by atoms with Crippen LogP contribution in [0, 0.1) is 17.5 Å². The number of ketones is 1. The predicted molar refractivity (Wildman–Crippen MR) is 71.1 cm³/mol. The molecule has 0 unspecified atom stereocenters. The van der Waals surface area contributed by atoms with Crippen molar-refractivity contribution in [2.75, 3.05) is 7.11 Å². The number of rotatable bonds is 3. The summed E-state index contributed by atoms with van der Waals surface area (Å²) in [5.41, 5.74) is -1.28. The molecule has 1 aromatic carbocycles. The van der Waals surface area contributed by atoms with Gasteiger partial charge in [0.2, 0.25) is 0 Å². The van der Waals surface area contributed by atoms with E-state index in [4.69, 9.17) is 16.3 Å². The number of aromatic nitrogens is 1. The number of halogens is 4. The lowest BCUT2D eigenvalue weighted by Gasteiger charge is -2.10. The first-order chi connectivity index (χ1) is 9.86. The number of ether oxygens (including phenoxy) is 1. The fourth-order valence-electron chi connectivity index (χ4n) is 1.76. The Balaban J connectivity index is 2.75. The van der Waals surface area contributed by atoms with Crippen molar-refractivity contribution in [2.45, 2.75) is 6.92 Å². The summed E-state index contributed by atoms with van der Waals surface area (Å²) in [7, 11) is 1.18. The lowest BCUT2D eigenvalue weighted by molar-refractivity contribution is 0.101. The number of Topliss-reactive ketones (excluding diaryl/α,β-unsaturated/α-hetero) is 1. The average Bonchev–Trinajstić information content (AvgIpc) is 2.43. The number of pyridine rings is 1. The van der Waals surface area contributed by atoms with Crippen LogP contribution in [0.5, 0.6) is 5.75 Å². The molecule has 0 spiro atoms. The van der Waals surface area contributed by atoms with E-state index in [9.17, 15) is 18.0 Å². The summed E-state index contributed by atoms with van der Waals surface area (Å²) in [6, 6.07) is 3.06. The van der Waals surface area contributed by atoms with Gasteiger partial charge in [-0.25, -0.2) is 18.2 Å². The SMILES string of the molecule is COc1c(Cl)ccc(-c2nc(C(C)=O)cc(F)c2F)c1F. The maximum Gasteiger partial charge on any atom is 0.185 e. The summed E-state index contributed by atoms with van der Waals surface area (Å²) in [5.74, 6) is -4.53. The number of hydrogen-bond donors (Lipinski definition) is 0. The van der Waals surface area contributed by atoms with Gasteiger partial charge in [0, 0.05) is 18.6 Å². The van der Waals surface area contributed by atoms with Gasteiger partial charge in [-0.2, -0.15) is 0 Å². The van der Waals surface area contributed by atoms with E-state index >= 15 is 0 Å². The van der Waals surface area contributed by atoms with E-state index in [1.807, 2.05) is 0 Å². The van der Waals surface area contributed by atoms with Crippen molar-refractivity contribution in [2.24, 2.45) is 0 Å². The highest BCUT2D eigenvalue weighted by Crippen LogP contribution is 2.35. The van der Waals surface area contributed by atoms with Crippen LogP contribution in [0.3, 0.4) is 0 Å². The second-order valence-electron chi connectivity index (χ2n) is 4.15. The molecule has 21 heavy (non-hydrogen) atoms. The van der Waals surface area contributed by atoms with E-state index in [0.29, 0.717) is 6.07 Å². The zero-order chi connectivity index (χ0) is 15.7. The molecule has 0 aliphatic heterocycles. The predicted octanol–water partition coefficient (Wildman–Crippen LogP) is 4.03. The van der Waals surface area contributed by atoms with Crippen LogP contribution in [0.15, 0.2) is 18.2 Å². The fourth-order valence-corrected chi connectivity index (χ4v) is 1.98. The Bertz CT molecular complexity index is 735. The van der Waals surface area contributed by atoms with Gasteiger partial charge in [-0.3, -0.25) is 4.79 Å². The molecule has 0 amide bonds. The monoisotopic (exact) mass is 315 g/mol. The van der Waals surface area contributed by atoms with Crippen LogP contribution in [0.1, 0.15) is 17.4 Å². The number of carbonyl (C=O) groups is 1. The van der Waals surface area contributed by atoms with Crippen LogP contribution in [-0.2, 0) is 0 Å². The molecule has 0 saturated carbocycles. The van der Waals surface area contributed by atoms with Gasteiger partial charge in [0.1, 0.15) is 11.4 Å². The van der Waals surface area contributed by atoms with E-state index in [1.54, 1.807) is 0 Å². The van der Waals surface area contributed by atoms with E-state index < -0.39 is 28.9 Å². The average molecular weight is 316 g/mol. The van der Waals surface area contributed by atoms with Gasteiger partial charge in [0.25, 0.3) is 0 Å². The molecule has 0 fully saturated rings. The van der Waals surface area contributed by atoms with Gasteiger partial charge in [-0.15, -0.1) is 0 Å². The molecule has 0 saturated heterocycles. The molecule has 7 heteroatoms. The molecular weight excluding hydrogens is 307 g/mol. The normalized spacial score (nSPS) is 10.6. The van der Waals surface area contributed by atoms with Gasteiger partial charge in [-0.1, -0.05) is 11.6 Å². The molecular formula is C14H9ClF3NO2. The van der Waals surface area contributed by atoms with Gasteiger partial charge >= 0.3 is 0 Å². The summed E-state index contributed by atoms with van der Waals surface area (Å²) in [5, 5.41) is -0.0256. The highest BCUT2D eigenvalue weighted by atomic mass is 35.5. The third-order valence-electron chi connectivity index (χ3n) is 2.78. The third kappa shape index (κ3) is 2.71. The Morgan fingerprint density at radius 1 is 1.24 bits per heavy atom. The molecule has 0 radical (unpaired) electrons. The van der Waals surface area contributed by atoms with Gasteiger partial charge in [-0.05, 0) is 12.1 Å². The third-order valence-corrected chi connectivity index (χ3v) is 3.08. The van der Waals surface area contributed by atoms with Crippen LogP contribution in [0.4, 0.5) is 13.2 Å². The maximum absolute atomic E-state index is 14.2. The van der Waals surface area contributed by atoms with Crippen LogP contribution in [0.2, 0.25) is 5.02 Å². The Morgan fingerprint density at radius 2 is 1.90 bits per heavy atom. The van der Waals surface area contributed by atoms with Gasteiger partial charge < -0.3 is 4.74 Å². The van der Waals surface area contributed by atoms with Crippen LogP contribution in [-0.4, -0.2) is 17.9 Å². The summed E-state index contributed by atoms with van der Waals surface area (Å²) < 4.78 is 46.4. The van der Waals surface area contributed by atoms with Gasteiger partial charge in [0.05, 0.1) is 12.1 Å². The van der Waals surface area contributed by atoms with Crippen LogP contribution < -0.4 is 4.74 Å². The largest absolute Gasteiger partial charge is 0.492 e. The fraction of sp³-hybridized carbons (Fsp3) is 0.143.